The Labute approximate surface area is 132 Å². The van der Waals surface area contributed by atoms with Crippen LogP contribution >= 0.6 is 0 Å². The highest BCUT2D eigenvalue weighted by Crippen LogP contribution is 2.28. The van der Waals surface area contributed by atoms with Gasteiger partial charge in [-0.3, -0.25) is 9.59 Å². The smallest absolute Gasteiger partial charge is 0.229 e. The maximum atomic E-state index is 12.1. The molecule has 0 heterocycles. The summed E-state index contributed by atoms with van der Waals surface area (Å²) in [5, 5.41) is 5.81. The topological polar surface area (TPSA) is 58.2 Å². The molecule has 2 amide bonds. The first-order chi connectivity index (χ1) is 10.3. The molecule has 0 saturated heterocycles. The molecule has 2 N–H and O–H groups in total. The van der Waals surface area contributed by atoms with Crippen LogP contribution < -0.4 is 10.6 Å². The Hall–Kier alpha value is -1.84. The average molecular weight is 302 g/mol. The summed E-state index contributed by atoms with van der Waals surface area (Å²) in [6.45, 7) is 5.61. The Morgan fingerprint density at radius 2 is 1.68 bits per heavy atom. The zero-order valence-electron chi connectivity index (χ0n) is 13.7. The van der Waals surface area contributed by atoms with Crippen molar-refractivity contribution in [2.24, 2.45) is 11.3 Å². The van der Waals surface area contributed by atoms with Gasteiger partial charge >= 0.3 is 0 Å². The average Bonchev–Trinajstić information content (AvgIpc) is 2.90. The lowest BCUT2D eigenvalue weighted by Crippen LogP contribution is -2.27. The Morgan fingerprint density at radius 1 is 1.09 bits per heavy atom. The molecule has 1 aromatic carbocycles. The Kier molecular flexibility index (Phi) is 5.22. The molecule has 2 rings (SSSR count). The van der Waals surface area contributed by atoms with E-state index in [-0.39, 0.29) is 11.8 Å². The molecule has 0 aromatic heterocycles. The summed E-state index contributed by atoms with van der Waals surface area (Å²) >= 11 is 0. The van der Waals surface area contributed by atoms with E-state index in [0.717, 1.165) is 18.5 Å². The van der Waals surface area contributed by atoms with Gasteiger partial charge in [-0.15, -0.1) is 0 Å². The van der Waals surface area contributed by atoms with Crippen molar-refractivity contribution in [2.75, 3.05) is 10.6 Å². The number of carbonyl (C=O) groups excluding carboxylic acids is 2. The van der Waals surface area contributed by atoms with E-state index < -0.39 is 5.41 Å². The molecule has 0 unspecified atom stereocenters. The highest BCUT2D eigenvalue weighted by atomic mass is 16.2. The van der Waals surface area contributed by atoms with Gasteiger partial charge in [0.25, 0.3) is 0 Å². The van der Waals surface area contributed by atoms with Gasteiger partial charge in [0.15, 0.2) is 0 Å². The third kappa shape index (κ3) is 4.86. The summed E-state index contributed by atoms with van der Waals surface area (Å²) in [7, 11) is 0. The van der Waals surface area contributed by atoms with Crippen LogP contribution in [0.3, 0.4) is 0 Å². The first-order valence-electron chi connectivity index (χ1n) is 8.06. The highest BCUT2D eigenvalue weighted by Gasteiger charge is 2.21. The normalized spacial score (nSPS) is 15.6. The minimum absolute atomic E-state index is 0.0399. The fraction of sp³-hybridized carbons (Fsp3) is 0.556. The molecule has 1 saturated carbocycles. The first-order valence-corrected chi connectivity index (χ1v) is 8.06. The van der Waals surface area contributed by atoms with Crippen molar-refractivity contribution >= 4 is 23.2 Å². The fourth-order valence-electron chi connectivity index (χ4n) is 2.68. The summed E-state index contributed by atoms with van der Waals surface area (Å²) in [4.78, 5) is 24.1. The molecule has 0 atom stereocenters. The number of nitrogens with one attached hydrogen (secondary N) is 2. The molecule has 22 heavy (non-hydrogen) atoms. The molecule has 1 aromatic rings. The van der Waals surface area contributed by atoms with Gasteiger partial charge in [0.2, 0.25) is 11.8 Å². The van der Waals surface area contributed by atoms with Gasteiger partial charge in [-0.1, -0.05) is 39.7 Å². The summed E-state index contributed by atoms with van der Waals surface area (Å²) in [5.41, 5.74) is 0.996. The minimum Gasteiger partial charge on any atom is -0.326 e. The molecule has 0 aliphatic heterocycles. The number of amides is 2. The number of hydrogen-bond donors (Lipinski definition) is 2. The quantitative estimate of drug-likeness (QED) is 0.876. The molecule has 1 aliphatic rings. The second kappa shape index (κ2) is 6.95. The van der Waals surface area contributed by atoms with Gasteiger partial charge in [0.1, 0.15) is 0 Å². The largest absolute Gasteiger partial charge is 0.326 e. The molecule has 4 nitrogen and oxygen atoms in total. The van der Waals surface area contributed by atoms with E-state index in [1.54, 1.807) is 6.07 Å². The van der Waals surface area contributed by atoms with E-state index in [2.05, 4.69) is 10.6 Å². The van der Waals surface area contributed by atoms with Gasteiger partial charge in [0, 0.05) is 23.2 Å². The molecular weight excluding hydrogens is 276 g/mol. The van der Waals surface area contributed by atoms with Gasteiger partial charge < -0.3 is 10.6 Å². The minimum atomic E-state index is -0.443. The lowest BCUT2D eigenvalue weighted by atomic mass is 9.95. The number of hydrogen-bond acceptors (Lipinski definition) is 2. The molecule has 0 spiro atoms. The molecule has 1 aliphatic carbocycles. The maximum absolute atomic E-state index is 12.1. The second-order valence-corrected chi connectivity index (χ2v) is 7.19. The van der Waals surface area contributed by atoms with E-state index in [4.69, 9.17) is 0 Å². The van der Waals surface area contributed by atoms with Crippen LogP contribution in [0, 0.1) is 11.3 Å². The summed E-state index contributed by atoms with van der Waals surface area (Å²) < 4.78 is 0. The monoisotopic (exact) mass is 302 g/mol. The van der Waals surface area contributed by atoms with E-state index in [9.17, 15) is 9.59 Å². The van der Waals surface area contributed by atoms with Gasteiger partial charge in [0.05, 0.1) is 0 Å². The third-order valence-electron chi connectivity index (χ3n) is 4.03. The van der Waals surface area contributed by atoms with E-state index >= 15 is 0 Å². The van der Waals surface area contributed by atoms with Crippen LogP contribution in [0.2, 0.25) is 0 Å². The van der Waals surface area contributed by atoms with Crippen LogP contribution in [0.15, 0.2) is 24.3 Å². The number of carbonyl (C=O) groups is 2. The fourth-order valence-corrected chi connectivity index (χ4v) is 2.68. The van der Waals surface area contributed by atoms with Gasteiger partial charge in [-0.25, -0.2) is 0 Å². The Bertz CT molecular complexity index is 540. The molecule has 0 radical (unpaired) electrons. The summed E-state index contributed by atoms with van der Waals surface area (Å²) in [6.07, 6.45) is 5.40. The molecule has 1 fully saturated rings. The zero-order valence-corrected chi connectivity index (χ0v) is 13.7. The van der Waals surface area contributed by atoms with Crippen LogP contribution in [0.25, 0.3) is 0 Å². The Morgan fingerprint density at radius 3 is 2.27 bits per heavy atom. The van der Waals surface area contributed by atoms with Crippen molar-refractivity contribution in [3.63, 3.8) is 0 Å². The molecule has 120 valence electrons. The van der Waals surface area contributed by atoms with E-state index in [1.807, 2.05) is 39.0 Å². The van der Waals surface area contributed by atoms with Crippen molar-refractivity contribution in [3.05, 3.63) is 24.3 Å². The number of rotatable bonds is 4. The lowest BCUT2D eigenvalue weighted by molar-refractivity contribution is -0.123. The van der Waals surface area contributed by atoms with Crippen LogP contribution in [0.1, 0.15) is 52.9 Å². The molecule has 4 heteroatoms. The standard InChI is InChI=1S/C18H26N2O2/c1-18(2,3)17(22)20-15-10-6-9-14(12-15)19-16(21)11-13-7-4-5-8-13/h6,9-10,12-13H,4-5,7-8,11H2,1-3H3,(H,19,21)(H,20,22). The van der Waals surface area contributed by atoms with Crippen LogP contribution in [-0.4, -0.2) is 11.8 Å². The summed E-state index contributed by atoms with van der Waals surface area (Å²) in [5.74, 6) is 0.553. The van der Waals surface area contributed by atoms with Crippen LogP contribution in [0.4, 0.5) is 11.4 Å². The van der Waals surface area contributed by atoms with Crippen molar-refractivity contribution in [3.8, 4) is 0 Å². The van der Waals surface area contributed by atoms with Crippen molar-refractivity contribution in [2.45, 2.75) is 52.9 Å². The van der Waals surface area contributed by atoms with Crippen LogP contribution in [-0.2, 0) is 9.59 Å². The predicted molar refractivity (Wildman–Crippen MR) is 89.7 cm³/mol. The number of anilines is 2. The SMILES string of the molecule is CC(C)(C)C(=O)Nc1cccc(NC(=O)CC2CCCC2)c1. The zero-order chi connectivity index (χ0) is 16.2. The maximum Gasteiger partial charge on any atom is 0.229 e. The molecular formula is C18H26N2O2. The predicted octanol–water partition coefficient (Wildman–Crippen LogP) is 4.19. The van der Waals surface area contributed by atoms with E-state index in [1.165, 1.54) is 12.8 Å². The van der Waals surface area contributed by atoms with Gasteiger partial charge in [-0.2, -0.15) is 0 Å². The van der Waals surface area contributed by atoms with Gasteiger partial charge in [-0.05, 0) is 37.0 Å². The lowest BCUT2D eigenvalue weighted by Gasteiger charge is -2.18. The highest BCUT2D eigenvalue weighted by molar-refractivity contribution is 5.96. The third-order valence-corrected chi connectivity index (χ3v) is 4.03. The first kappa shape index (κ1) is 16.5. The van der Waals surface area contributed by atoms with Crippen molar-refractivity contribution < 1.29 is 9.59 Å². The van der Waals surface area contributed by atoms with E-state index in [0.29, 0.717) is 18.0 Å². The van der Waals surface area contributed by atoms with Crippen molar-refractivity contribution in [1.82, 2.24) is 0 Å². The van der Waals surface area contributed by atoms with Crippen molar-refractivity contribution in [1.29, 1.82) is 0 Å². The number of benzene rings is 1. The molecule has 0 bridgehead atoms. The Balaban J connectivity index is 1.93. The second-order valence-electron chi connectivity index (χ2n) is 7.19. The van der Waals surface area contributed by atoms with Crippen LogP contribution in [0.5, 0.6) is 0 Å². The summed E-state index contributed by atoms with van der Waals surface area (Å²) in [6, 6.07) is 7.31.